The molecule has 0 amide bonds. The lowest BCUT2D eigenvalue weighted by atomic mass is 10.1. The van der Waals surface area contributed by atoms with Crippen molar-refractivity contribution in [2.75, 3.05) is 13.7 Å². The van der Waals surface area contributed by atoms with E-state index in [1.54, 1.807) is 7.05 Å². The van der Waals surface area contributed by atoms with E-state index in [9.17, 15) is 9.90 Å². The molecule has 78 valence electrons. The number of aliphatic hydroxyl groups is 1. The van der Waals surface area contributed by atoms with Gasteiger partial charge < -0.3 is 15.6 Å². The van der Waals surface area contributed by atoms with E-state index in [2.05, 4.69) is 9.84 Å². The predicted octanol–water partition coefficient (Wildman–Crippen LogP) is -0.801. The first-order chi connectivity index (χ1) is 6.61. The fourth-order valence-electron chi connectivity index (χ4n) is 1.22. The van der Waals surface area contributed by atoms with Gasteiger partial charge in [-0.2, -0.15) is 5.10 Å². The molecule has 14 heavy (non-hydrogen) atoms. The highest BCUT2D eigenvalue weighted by Crippen LogP contribution is 2.16. The third-order valence-electron chi connectivity index (χ3n) is 1.93. The number of hydrogen-bond acceptors (Lipinski definition) is 5. The predicted molar refractivity (Wildman–Crippen MR) is 48.6 cm³/mol. The van der Waals surface area contributed by atoms with Gasteiger partial charge in [0.05, 0.1) is 19.0 Å². The molecule has 1 aromatic heterocycles. The quantitative estimate of drug-likeness (QED) is 0.622. The zero-order valence-electron chi connectivity index (χ0n) is 8.10. The fourth-order valence-corrected chi connectivity index (χ4v) is 1.22. The Morgan fingerprint density at radius 2 is 2.50 bits per heavy atom. The van der Waals surface area contributed by atoms with Crippen LogP contribution in [0.3, 0.4) is 0 Å². The zero-order valence-corrected chi connectivity index (χ0v) is 8.10. The van der Waals surface area contributed by atoms with Gasteiger partial charge >= 0.3 is 5.97 Å². The number of methoxy groups -OCH3 is 1. The Hall–Kier alpha value is -1.40. The van der Waals surface area contributed by atoms with Crippen LogP contribution in [0.2, 0.25) is 0 Å². The molecule has 6 heteroatoms. The number of nitrogens with zero attached hydrogens (tertiary/aromatic N) is 2. The largest absolute Gasteiger partial charge is 0.465 e. The molecule has 0 aromatic carbocycles. The van der Waals surface area contributed by atoms with Gasteiger partial charge in [-0.3, -0.25) is 4.68 Å². The van der Waals surface area contributed by atoms with Gasteiger partial charge in [0.15, 0.2) is 0 Å². The van der Waals surface area contributed by atoms with Gasteiger partial charge in [-0.05, 0) is 0 Å². The molecular formula is C8H13N3O3. The summed E-state index contributed by atoms with van der Waals surface area (Å²) in [7, 11) is 2.90. The molecule has 0 unspecified atom stereocenters. The molecule has 0 saturated heterocycles. The van der Waals surface area contributed by atoms with Crippen LogP contribution in [0, 0.1) is 0 Å². The van der Waals surface area contributed by atoms with Crippen molar-refractivity contribution >= 4 is 5.97 Å². The summed E-state index contributed by atoms with van der Waals surface area (Å²) in [4.78, 5) is 11.2. The van der Waals surface area contributed by atoms with Gasteiger partial charge in [-0.25, -0.2) is 4.79 Å². The fraction of sp³-hybridized carbons (Fsp3) is 0.500. The molecule has 1 rings (SSSR count). The highest BCUT2D eigenvalue weighted by molar-refractivity contribution is 5.90. The van der Waals surface area contributed by atoms with Crippen molar-refractivity contribution in [3.63, 3.8) is 0 Å². The summed E-state index contributed by atoms with van der Waals surface area (Å²) in [5.41, 5.74) is 5.92. The summed E-state index contributed by atoms with van der Waals surface area (Å²) < 4.78 is 5.95. The first-order valence-corrected chi connectivity index (χ1v) is 4.10. The molecule has 0 fully saturated rings. The molecule has 1 heterocycles. The number of ether oxygens (including phenoxy) is 1. The SMILES string of the molecule is COC(=O)c1cnn(C)c1[C@H](O)CN. The smallest absolute Gasteiger partial charge is 0.341 e. The van der Waals surface area contributed by atoms with Gasteiger partial charge in [0, 0.05) is 13.6 Å². The normalized spacial score (nSPS) is 12.6. The summed E-state index contributed by atoms with van der Waals surface area (Å²) >= 11 is 0. The lowest BCUT2D eigenvalue weighted by Crippen LogP contribution is -2.18. The van der Waals surface area contributed by atoms with Crippen molar-refractivity contribution in [1.29, 1.82) is 0 Å². The van der Waals surface area contributed by atoms with Gasteiger partial charge in [0.1, 0.15) is 11.7 Å². The van der Waals surface area contributed by atoms with Crippen LogP contribution in [0.5, 0.6) is 0 Å². The van der Waals surface area contributed by atoms with Crippen molar-refractivity contribution < 1.29 is 14.6 Å². The highest BCUT2D eigenvalue weighted by atomic mass is 16.5. The average Bonchev–Trinajstić information content (AvgIpc) is 2.58. The van der Waals surface area contributed by atoms with Crippen molar-refractivity contribution in [2.45, 2.75) is 6.10 Å². The van der Waals surface area contributed by atoms with Gasteiger partial charge in [-0.1, -0.05) is 0 Å². The van der Waals surface area contributed by atoms with Gasteiger partial charge in [0.25, 0.3) is 0 Å². The topological polar surface area (TPSA) is 90.4 Å². The van der Waals surface area contributed by atoms with Crippen LogP contribution in [0.4, 0.5) is 0 Å². The van der Waals surface area contributed by atoms with E-state index in [0.717, 1.165) is 0 Å². The number of aliphatic hydroxyl groups excluding tert-OH is 1. The number of aryl methyl sites for hydroxylation is 1. The van der Waals surface area contributed by atoms with Crippen LogP contribution in [-0.2, 0) is 11.8 Å². The van der Waals surface area contributed by atoms with E-state index in [1.165, 1.54) is 18.0 Å². The molecule has 6 nitrogen and oxygen atoms in total. The number of carbonyl (C=O) groups is 1. The van der Waals surface area contributed by atoms with E-state index in [1.807, 2.05) is 0 Å². The Labute approximate surface area is 81.3 Å². The minimum Gasteiger partial charge on any atom is -0.465 e. The molecule has 0 radical (unpaired) electrons. The standard InChI is InChI=1S/C8H13N3O3/c1-11-7(6(12)3-9)5(4-10-11)8(13)14-2/h4,6,12H,3,9H2,1-2H3/t6-/m1/s1. The first kappa shape index (κ1) is 10.7. The van der Waals surface area contributed by atoms with E-state index < -0.39 is 12.1 Å². The Morgan fingerprint density at radius 1 is 1.86 bits per heavy atom. The Kier molecular flexibility index (Phi) is 3.21. The lowest BCUT2D eigenvalue weighted by molar-refractivity contribution is 0.0593. The maximum absolute atomic E-state index is 11.2. The maximum atomic E-state index is 11.2. The molecule has 0 aliphatic rings. The number of aromatic nitrogens is 2. The molecule has 1 atom stereocenters. The average molecular weight is 199 g/mol. The molecule has 0 bridgehead atoms. The molecule has 0 aliphatic carbocycles. The molecule has 0 aliphatic heterocycles. The zero-order chi connectivity index (χ0) is 10.7. The van der Waals surface area contributed by atoms with Crippen LogP contribution in [0.25, 0.3) is 0 Å². The second kappa shape index (κ2) is 4.21. The second-order valence-electron chi connectivity index (χ2n) is 2.81. The summed E-state index contributed by atoms with van der Waals surface area (Å²) in [6.45, 7) is 0.0313. The maximum Gasteiger partial charge on any atom is 0.341 e. The molecule has 0 saturated carbocycles. The minimum atomic E-state index is -0.906. The van der Waals surface area contributed by atoms with Crippen LogP contribution in [0.15, 0.2) is 6.20 Å². The highest BCUT2D eigenvalue weighted by Gasteiger charge is 2.21. The van der Waals surface area contributed by atoms with E-state index in [-0.39, 0.29) is 12.1 Å². The summed E-state index contributed by atoms with van der Waals surface area (Å²) in [5.74, 6) is -0.527. The monoisotopic (exact) mass is 199 g/mol. The number of hydrogen-bond donors (Lipinski definition) is 2. The summed E-state index contributed by atoms with van der Waals surface area (Å²) in [6, 6.07) is 0. The Bertz CT molecular complexity index is 335. The molecule has 0 spiro atoms. The number of rotatable bonds is 3. The van der Waals surface area contributed by atoms with E-state index in [0.29, 0.717) is 5.69 Å². The summed E-state index contributed by atoms with van der Waals surface area (Å²) in [6.07, 6.45) is 0.441. The Morgan fingerprint density at radius 3 is 3.00 bits per heavy atom. The van der Waals surface area contributed by atoms with E-state index in [4.69, 9.17) is 5.73 Å². The molecular weight excluding hydrogens is 186 g/mol. The van der Waals surface area contributed by atoms with Crippen LogP contribution < -0.4 is 5.73 Å². The Balaban J connectivity index is 3.12. The van der Waals surface area contributed by atoms with Crippen LogP contribution in [0.1, 0.15) is 22.2 Å². The summed E-state index contributed by atoms with van der Waals surface area (Å²) in [5, 5.41) is 13.4. The van der Waals surface area contributed by atoms with Crippen LogP contribution in [-0.4, -0.2) is 34.5 Å². The van der Waals surface area contributed by atoms with Gasteiger partial charge in [0.2, 0.25) is 0 Å². The van der Waals surface area contributed by atoms with Crippen molar-refractivity contribution in [2.24, 2.45) is 12.8 Å². The number of carbonyl (C=O) groups excluding carboxylic acids is 1. The first-order valence-electron chi connectivity index (χ1n) is 4.10. The second-order valence-corrected chi connectivity index (χ2v) is 2.81. The minimum absolute atomic E-state index is 0.0313. The van der Waals surface area contributed by atoms with Crippen LogP contribution >= 0.6 is 0 Å². The third kappa shape index (κ3) is 1.75. The van der Waals surface area contributed by atoms with Crippen molar-refractivity contribution in [3.05, 3.63) is 17.5 Å². The third-order valence-corrected chi connectivity index (χ3v) is 1.93. The van der Waals surface area contributed by atoms with Crippen molar-refractivity contribution in [3.8, 4) is 0 Å². The molecule has 1 aromatic rings. The van der Waals surface area contributed by atoms with E-state index >= 15 is 0 Å². The van der Waals surface area contributed by atoms with Crippen molar-refractivity contribution in [1.82, 2.24) is 9.78 Å². The van der Waals surface area contributed by atoms with Gasteiger partial charge in [-0.15, -0.1) is 0 Å². The lowest BCUT2D eigenvalue weighted by Gasteiger charge is -2.09. The molecule has 3 N–H and O–H groups in total. The number of esters is 1. The number of nitrogens with two attached hydrogens (primary N) is 1.